The third-order valence-corrected chi connectivity index (χ3v) is 5.64. The molecule has 1 amide bonds. The van der Waals surface area contributed by atoms with Crippen LogP contribution in [0.3, 0.4) is 0 Å². The fourth-order valence-corrected chi connectivity index (χ4v) is 4.38. The van der Waals surface area contributed by atoms with Gasteiger partial charge in [-0.25, -0.2) is 0 Å². The molecule has 1 aromatic heterocycles. The van der Waals surface area contributed by atoms with Gasteiger partial charge >= 0.3 is 0 Å². The van der Waals surface area contributed by atoms with Crippen LogP contribution in [0, 0.1) is 11.8 Å². The average molecular weight is 332 g/mol. The predicted molar refractivity (Wildman–Crippen MR) is 90.4 cm³/mol. The molecule has 0 bridgehead atoms. The van der Waals surface area contributed by atoms with Gasteiger partial charge in [-0.1, -0.05) is 0 Å². The van der Waals surface area contributed by atoms with E-state index in [2.05, 4.69) is 25.6 Å². The number of nitrogens with zero attached hydrogens (tertiary/aromatic N) is 4. The van der Waals surface area contributed by atoms with E-state index in [1.165, 1.54) is 18.5 Å². The van der Waals surface area contributed by atoms with Gasteiger partial charge in [0.2, 0.25) is 5.91 Å². The highest BCUT2D eigenvalue weighted by Gasteiger charge is 2.29. The van der Waals surface area contributed by atoms with Crippen molar-refractivity contribution in [2.45, 2.75) is 38.8 Å². The van der Waals surface area contributed by atoms with Crippen LogP contribution >= 0.6 is 0 Å². The number of ether oxygens (including phenoxy) is 1. The third-order valence-electron chi connectivity index (χ3n) is 5.64. The van der Waals surface area contributed by atoms with Gasteiger partial charge in [0, 0.05) is 71.0 Å². The Balaban J connectivity index is 1.44. The third kappa shape index (κ3) is 3.64. The highest BCUT2D eigenvalue weighted by atomic mass is 16.5. The Kier molecular flexibility index (Phi) is 4.85. The minimum Gasteiger partial charge on any atom is -0.381 e. The molecule has 132 valence electrons. The first-order valence-corrected chi connectivity index (χ1v) is 9.36. The topological polar surface area (TPSA) is 50.6 Å². The molecule has 0 N–H and O–H groups in total. The first kappa shape index (κ1) is 16.1. The summed E-state index contributed by atoms with van der Waals surface area (Å²) in [5.74, 6) is 1.53. The number of hydrogen-bond donors (Lipinski definition) is 0. The molecule has 0 radical (unpaired) electrons. The first-order chi connectivity index (χ1) is 11.8. The summed E-state index contributed by atoms with van der Waals surface area (Å²) in [6.45, 7) is 7.72. The molecule has 0 saturated carbocycles. The van der Waals surface area contributed by atoms with Gasteiger partial charge in [0.25, 0.3) is 0 Å². The van der Waals surface area contributed by atoms with Gasteiger partial charge in [-0.05, 0) is 31.2 Å². The second kappa shape index (κ2) is 7.23. The highest BCUT2D eigenvalue weighted by molar-refractivity contribution is 5.78. The molecule has 0 aromatic carbocycles. The molecule has 2 saturated heterocycles. The molecule has 1 unspecified atom stereocenters. The normalized spacial score (nSPS) is 26.6. The number of carbonyl (C=O) groups is 1. The SMILES string of the molecule is O=C1CCCN1CC1CN(CC2CCOCC2)Cc2ccnn2C1. The quantitative estimate of drug-likeness (QED) is 0.835. The fourth-order valence-electron chi connectivity index (χ4n) is 4.38. The van der Waals surface area contributed by atoms with E-state index < -0.39 is 0 Å². The summed E-state index contributed by atoms with van der Waals surface area (Å²) in [4.78, 5) is 16.7. The van der Waals surface area contributed by atoms with E-state index in [9.17, 15) is 4.79 Å². The van der Waals surface area contributed by atoms with Gasteiger partial charge in [-0.2, -0.15) is 5.10 Å². The van der Waals surface area contributed by atoms with Crippen LogP contribution in [0.5, 0.6) is 0 Å². The summed E-state index contributed by atoms with van der Waals surface area (Å²) in [5.41, 5.74) is 1.30. The van der Waals surface area contributed by atoms with Crippen molar-refractivity contribution in [3.05, 3.63) is 18.0 Å². The lowest BCUT2D eigenvalue weighted by Crippen LogP contribution is -2.39. The fraction of sp³-hybridized carbons (Fsp3) is 0.778. The Labute approximate surface area is 143 Å². The molecule has 2 fully saturated rings. The van der Waals surface area contributed by atoms with Crippen molar-refractivity contribution in [3.63, 3.8) is 0 Å². The number of carbonyl (C=O) groups excluding carboxylic acids is 1. The molecule has 6 nitrogen and oxygen atoms in total. The minimum absolute atomic E-state index is 0.330. The summed E-state index contributed by atoms with van der Waals surface area (Å²) < 4.78 is 7.65. The minimum atomic E-state index is 0.330. The van der Waals surface area contributed by atoms with Gasteiger partial charge in [0.05, 0.1) is 5.69 Å². The molecule has 6 heteroatoms. The van der Waals surface area contributed by atoms with E-state index >= 15 is 0 Å². The van der Waals surface area contributed by atoms with Gasteiger partial charge < -0.3 is 9.64 Å². The number of rotatable bonds is 4. The zero-order chi connectivity index (χ0) is 16.4. The molecule has 4 heterocycles. The summed E-state index contributed by atoms with van der Waals surface area (Å²) in [5, 5.41) is 4.51. The Hall–Kier alpha value is -1.40. The number of hydrogen-bond acceptors (Lipinski definition) is 4. The summed E-state index contributed by atoms with van der Waals surface area (Å²) in [7, 11) is 0. The zero-order valence-electron chi connectivity index (χ0n) is 14.4. The van der Waals surface area contributed by atoms with Crippen molar-refractivity contribution < 1.29 is 9.53 Å². The van der Waals surface area contributed by atoms with Crippen molar-refractivity contribution in [1.29, 1.82) is 0 Å². The number of aromatic nitrogens is 2. The van der Waals surface area contributed by atoms with Crippen LogP contribution in [-0.2, 0) is 22.6 Å². The van der Waals surface area contributed by atoms with E-state index in [1.807, 2.05) is 6.20 Å². The van der Waals surface area contributed by atoms with Crippen LogP contribution in [-0.4, -0.2) is 64.9 Å². The Morgan fingerprint density at radius 2 is 2.04 bits per heavy atom. The smallest absolute Gasteiger partial charge is 0.222 e. The van der Waals surface area contributed by atoms with Crippen molar-refractivity contribution in [3.8, 4) is 0 Å². The van der Waals surface area contributed by atoms with Crippen LogP contribution in [0.25, 0.3) is 0 Å². The maximum absolute atomic E-state index is 12.0. The van der Waals surface area contributed by atoms with E-state index in [0.29, 0.717) is 11.8 Å². The number of likely N-dealkylation sites (tertiary alicyclic amines) is 1. The van der Waals surface area contributed by atoms with E-state index in [0.717, 1.165) is 71.2 Å². The molecule has 3 aliphatic heterocycles. The lowest BCUT2D eigenvalue weighted by Gasteiger charge is -2.31. The molecule has 24 heavy (non-hydrogen) atoms. The van der Waals surface area contributed by atoms with E-state index in [-0.39, 0.29) is 0 Å². The second-order valence-corrected chi connectivity index (χ2v) is 7.56. The Bertz CT molecular complexity index is 567. The largest absolute Gasteiger partial charge is 0.381 e. The highest BCUT2D eigenvalue weighted by Crippen LogP contribution is 2.23. The van der Waals surface area contributed by atoms with Gasteiger partial charge in [-0.3, -0.25) is 14.4 Å². The number of amides is 1. The number of fused-ring (bicyclic) bond motifs is 1. The molecular weight excluding hydrogens is 304 g/mol. The molecule has 3 aliphatic rings. The standard InChI is InChI=1S/C18H28N4O2/c23-18-2-1-7-21(18)12-16-11-20(10-15-4-8-24-9-5-15)14-17-3-6-19-22(17)13-16/h3,6,15-16H,1-2,4-5,7-14H2. The molecular formula is C18H28N4O2. The lowest BCUT2D eigenvalue weighted by molar-refractivity contribution is -0.128. The van der Waals surface area contributed by atoms with Gasteiger partial charge in [0.15, 0.2) is 0 Å². The van der Waals surface area contributed by atoms with Crippen molar-refractivity contribution in [1.82, 2.24) is 19.6 Å². The van der Waals surface area contributed by atoms with Gasteiger partial charge in [-0.15, -0.1) is 0 Å². The van der Waals surface area contributed by atoms with Crippen LogP contribution in [0.2, 0.25) is 0 Å². The molecule has 4 rings (SSSR count). The van der Waals surface area contributed by atoms with Crippen molar-refractivity contribution >= 4 is 5.91 Å². The Morgan fingerprint density at radius 1 is 1.17 bits per heavy atom. The first-order valence-electron chi connectivity index (χ1n) is 9.36. The van der Waals surface area contributed by atoms with Crippen LogP contribution in [0.1, 0.15) is 31.4 Å². The maximum Gasteiger partial charge on any atom is 0.222 e. The van der Waals surface area contributed by atoms with E-state index in [1.54, 1.807) is 0 Å². The molecule has 1 atom stereocenters. The maximum atomic E-state index is 12.0. The van der Waals surface area contributed by atoms with Gasteiger partial charge in [0.1, 0.15) is 0 Å². The molecule has 0 spiro atoms. The molecule has 1 aromatic rings. The summed E-state index contributed by atoms with van der Waals surface area (Å²) >= 11 is 0. The average Bonchev–Trinajstić information content (AvgIpc) is 3.14. The monoisotopic (exact) mass is 332 g/mol. The summed E-state index contributed by atoms with van der Waals surface area (Å²) in [6, 6.07) is 2.14. The molecule has 0 aliphatic carbocycles. The lowest BCUT2D eigenvalue weighted by atomic mass is 9.99. The predicted octanol–water partition coefficient (Wildman–Crippen LogP) is 1.36. The van der Waals surface area contributed by atoms with Crippen LogP contribution in [0.4, 0.5) is 0 Å². The zero-order valence-corrected chi connectivity index (χ0v) is 14.4. The van der Waals surface area contributed by atoms with Crippen LogP contribution in [0.15, 0.2) is 12.3 Å². The van der Waals surface area contributed by atoms with Crippen molar-refractivity contribution in [2.75, 3.05) is 39.4 Å². The second-order valence-electron chi connectivity index (χ2n) is 7.56. The summed E-state index contributed by atoms with van der Waals surface area (Å²) in [6.07, 6.45) is 6.00. The van der Waals surface area contributed by atoms with E-state index in [4.69, 9.17) is 4.74 Å². The Morgan fingerprint density at radius 3 is 2.83 bits per heavy atom. The van der Waals surface area contributed by atoms with Crippen LogP contribution < -0.4 is 0 Å². The van der Waals surface area contributed by atoms with Crippen molar-refractivity contribution in [2.24, 2.45) is 11.8 Å².